The zero-order valence-electron chi connectivity index (χ0n) is 15.4. The van der Waals surface area contributed by atoms with Crippen molar-refractivity contribution in [3.8, 4) is 0 Å². The molecule has 0 aliphatic heterocycles. The first-order chi connectivity index (χ1) is 13.5. The number of nitrogens with one attached hydrogen (secondary N) is 3. The molecular formula is C15H25N5O9. The largest absolute Gasteiger partial charge is 0.481 e. The van der Waals surface area contributed by atoms with Crippen LogP contribution in [0.3, 0.4) is 0 Å². The van der Waals surface area contributed by atoms with Crippen LogP contribution in [0.2, 0.25) is 0 Å². The van der Waals surface area contributed by atoms with Gasteiger partial charge in [-0.3, -0.25) is 24.0 Å². The van der Waals surface area contributed by atoms with Gasteiger partial charge in [-0.2, -0.15) is 0 Å². The van der Waals surface area contributed by atoms with Gasteiger partial charge in [-0.15, -0.1) is 0 Å². The molecule has 10 N–H and O–H groups in total. The minimum absolute atomic E-state index is 0.0304. The molecule has 0 aliphatic rings. The first kappa shape index (κ1) is 25.7. The Balaban J connectivity index is 4.59. The predicted octanol–water partition coefficient (Wildman–Crippen LogP) is -4.39. The van der Waals surface area contributed by atoms with Crippen LogP contribution in [0.1, 0.15) is 25.7 Å². The normalized spacial score (nSPS) is 13.4. The summed E-state index contributed by atoms with van der Waals surface area (Å²) in [7, 11) is 0. The van der Waals surface area contributed by atoms with E-state index in [2.05, 4.69) is 10.6 Å². The van der Waals surface area contributed by atoms with Crippen molar-refractivity contribution >= 4 is 35.6 Å². The molecule has 4 amide bonds. The summed E-state index contributed by atoms with van der Waals surface area (Å²) in [5.74, 6) is -6.07. The summed E-state index contributed by atoms with van der Waals surface area (Å²) in [6.45, 7) is -1.48. The van der Waals surface area contributed by atoms with Gasteiger partial charge in [0.1, 0.15) is 12.1 Å². The highest BCUT2D eigenvalue weighted by molar-refractivity contribution is 5.92. The second-order valence-electron chi connectivity index (χ2n) is 5.96. The first-order valence-electron chi connectivity index (χ1n) is 8.44. The van der Waals surface area contributed by atoms with Crippen molar-refractivity contribution < 1.29 is 44.1 Å². The molecule has 0 bridgehead atoms. The van der Waals surface area contributed by atoms with Crippen molar-refractivity contribution in [1.82, 2.24) is 16.0 Å². The fraction of sp³-hybridized carbons (Fsp3) is 0.600. The molecule has 0 aromatic carbocycles. The Morgan fingerprint density at radius 3 is 1.97 bits per heavy atom. The molecule has 0 heterocycles. The number of carboxylic acids is 2. The van der Waals surface area contributed by atoms with Gasteiger partial charge in [0.25, 0.3) is 0 Å². The first-order valence-corrected chi connectivity index (χ1v) is 8.44. The van der Waals surface area contributed by atoms with Crippen molar-refractivity contribution in [2.24, 2.45) is 11.5 Å². The maximum Gasteiger partial charge on any atom is 0.326 e. The number of carbonyl (C=O) groups is 6. The van der Waals surface area contributed by atoms with Crippen LogP contribution in [0.5, 0.6) is 0 Å². The quantitative estimate of drug-likeness (QED) is 0.134. The molecule has 0 saturated carbocycles. The third-order valence-electron chi connectivity index (χ3n) is 3.56. The van der Waals surface area contributed by atoms with E-state index in [9.17, 15) is 33.9 Å². The minimum atomic E-state index is -1.53. The summed E-state index contributed by atoms with van der Waals surface area (Å²) in [6.07, 6.45) is -1.07. The summed E-state index contributed by atoms with van der Waals surface area (Å²) >= 11 is 0. The molecular weight excluding hydrogens is 394 g/mol. The molecule has 14 nitrogen and oxygen atoms in total. The maximum absolute atomic E-state index is 12.0. The van der Waals surface area contributed by atoms with Crippen LogP contribution in [0.15, 0.2) is 0 Å². The molecule has 0 aliphatic carbocycles. The molecule has 0 radical (unpaired) electrons. The summed E-state index contributed by atoms with van der Waals surface area (Å²) in [4.78, 5) is 67.8. The Labute approximate surface area is 165 Å². The van der Waals surface area contributed by atoms with Crippen molar-refractivity contribution in [2.45, 2.75) is 43.8 Å². The van der Waals surface area contributed by atoms with Crippen LogP contribution in [-0.2, 0) is 28.8 Å². The molecule has 0 aromatic heterocycles. The van der Waals surface area contributed by atoms with Gasteiger partial charge in [-0.25, -0.2) is 4.79 Å². The lowest BCUT2D eigenvalue weighted by Gasteiger charge is -2.20. The number of aliphatic hydroxyl groups is 1. The molecule has 0 fully saturated rings. The Bertz CT molecular complexity index is 640. The fourth-order valence-electron chi connectivity index (χ4n) is 1.96. The smallest absolute Gasteiger partial charge is 0.326 e. The van der Waals surface area contributed by atoms with Crippen LogP contribution in [-0.4, -0.2) is 82.2 Å². The molecule has 0 spiro atoms. The molecule has 0 rings (SSSR count). The summed E-state index contributed by atoms with van der Waals surface area (Å²) in [5, 5.41) is 33.1. The molecule has 0 aromatic rings. The van der Waals surface area contributed by atoms with E-state index < -0.39 is 79.7 Å². The van der Waals surface area contributed by atoms with Gasteiger partial charge in [0.2, 0.25) is 23.6 Å². The second kappa shape index (κ2) is 13.0. The van der Waals surface area contributed by atoms with Gasteiger partial charge in [-0.1, -0.05) is 0 Å². The molecule has 164 valence electrons. The average Bonchev–Trinajstić information content (AvgIpc) is 2.64. The highest BCUT2D eigenvalue weighted by Gasteiger charge is 2.26. The van der Waals surface area contributed by atoms with Crippen molar-refractivity contribution in [2.75, 3.05) is 13.2 Å². The number of hydrogen-bond acceptors (Lipinski definition) is 8. The summed E-state index contributed by atoms with van der Waals surface area (Å²) < 4.78 is 0. The number of primary amides is 1. The van der Waals surface area contributed by atoms with Crippen LogP contribution in [0.25, 0.3) is 0 Å². The number of aliphatic hydroxyl groups excluding tert-OH is 1. The lowest BCUT2D eigenvalue weighted by atomic mass is 10.1. The topological polar surface area (TPSA) is 251 Å². The molecule has 29 heavy (non-hydrogen) atoms. The third-order valence-corrected chi connectivity index (χ3v) is 3.56. The van der Waals surface area contributed by atoms with Gasteiger partial charge in [0.05, 0.1) is 19.2 Å². The van der Waals surface area contributed by atoms with Crippen LogP contribution >= 0.6 is 0 Å². The van der Waals surface area contributed by atoms with Crippen LogP contribution in [0.4, 0.5) is 0 Å². The summed E-state index contributed by atoms with van der Waals surface area (Å²) in [5.41, 5.74) is 10.4. The molecule has 0 saturated heterocycles. The summed E-state index contributed by atoms with van der Waals surface area (Å²) in [6, 6.07) is -4.15. The van der Waals surface area contributed by atoms with Gasteiger partial charge in [0, 0.05) is 12.8 Å². The number of nitrogens with two attached hydrogens (primary N) is 2. The lowest BCUT2D eigenvalue weighted by molar-refractivity contribution is -0.143. The van der Waals surface area contributed by atoms with Crippen molar-refractivity contribution in [3.63, 3.8) is 0 Å². The molecule has 14 heteroatoms. The lowest BCUT2D eigenvalue weighted by Crippen LogP contribution is -2.55. The SMILES string of the molecule is NC(=O)CCC(N)C(=O)NCC(=O)NC(CO)C(=O)NC(CCC(=O)O)C(=O)O. The van der Waals surface area contributed by atoms with Crippen LogP contribution < -0.4 is 27.4 Å². The van der Waals surface area contributed by atoms with E-state index in [1.165, 1.54) is 0 Å². The van der Waals surface area contributed by atoms with E-state index in [0.29, 0.717) is 0 Å². The van der Waals surface area contributed by atoms with Gasteiger partial charge < -0.3 is 42.7 Å². The zero-order chi connectivity index (χ0) is 22.6. The Hall–Kier alpha value is -3.26. The zero-order valence-corrected chi connectivity index (χ0v) is 15.4. The Morgan fingerprint density at radius 2 is 1.48 bits per heavy atom. The van der Waals surface area contributed by atoms with E-state index in [4.69, 9.17) is 21.7 Å². The number of aliphatic carboxylic acids is 2. The van der Waals surface area contributed by atoms with E-state index in [1.807, 2.05) is 5.32 Å². The van der Waals surface area contributed by atoms with Gasteiger partial charge in [0.15, 0.2) is 0 Å². The van der Waals surface area contributed by atoms with Gasteiger partial charge in [-0.05, 0) is 12.8 Å². The highest BCUT2D eigenvalue weighted by atomic mass is 16.4. The average molecular weight is 419 g/mol. The van der Waals surface area contributed by atoms with Crippen molar-refractivity contribution in [1.29, 1.82) is 0 Å². The minimum Gasteiger partial charge on any atom is -0.481 e. The standard InChI is InChI=1S/C15H25N5O9/c16-7(1-3-10(17)22)13(26)18-5-11(23)19-9(6-21)14(27)20-8(15(28)29)2-4-12(24)25/h7-9,21H,1-6,16H2,(H2,17,22)(H,18,26)(H,19,23)(H,20,27)(H,24,25)(H,28,29). The molecule has 3 unspecified atom stereocenters. The number of amides is 4. The maximum atomic E-state index is 12.0. The third kappa shape index (κ3) is 11.2. The number of hydrogen-bond donors (Lipinski definition) is 8. The van der Waals surface area contributed by atoms with E-state index >= 15 is 0 Å². The Kier molecular flexibility index (Phi) is 11.5. The van der Waals surface area contributed by atoms with E-state index in [-0.39, 0.29) is 12.8 Å². The molecule has 3 atom stereocenters. The highest BCUT2D eigenvalue weighted by Crippen LogP contribution is 1.99. The number of carboxylic acid groups (broad SMARTS) is 2. The number of rotatable bonds is 14. The fourth-order valence-corrected chi connectivity index (χ4v) is 1.96. The number of carbonyl (C=O) groups excluding carboxylic acids is 4. The van der Waals surface area contributed by atoms with Crippen LogP contribution in [0, 0.1) is 0 Å². The monoisotopic (exact) mass is 419 g/mol. The van der Waals surface area contributed by atoms with E-state index in [1.54, 1.807) is 0 Å². The van der Waals surface area contributed by atoms with E-state index in [0.717, 1.165) is 0 Å². The second-order valence-corrected chi connectivity index (χ2v) is 5.96. The van der Waals surface area contributed by atoms with Gasteiger partial charge >= 0.3 is 11.9 Å². The van der Waals surface area contributed by atoms with Crippen molar-refractivity contribution in [3.05, 3.63) is 0 Å². The predicted molar refractivity (Wildman–Crippen MR) is 94.9 cm³/mol. The Morgan fingerprint density at radius 1 is 0.862 bits per heavy atom.